The lowest BCUT2D eigenvalue weighted by Crippen LogP contribution is -2.51. The first-order valence-corrected chi connectivity index (χ1v) is 14.6. The van der Waals surface area contributed by atoms with Gasteiger partial charge in [0.15, 0.2) is 9.84 Å². The number of rotatable bonds is 6. The first-order chi connectivity index (χ1) is 20.1. The Balaban J connectivity index is 1.84. The maximum Gasteiger partial charge on any atom is 0.419 e. The summed E-state index contributed by atoms with van der Waals surface area (Å²) < 4.78 is 120. The van der Waals surface area contributed by atoms with E-state index in [9.17, 15) is 44.8 Å². The number of alkyl carbamates (subject to hydrolysis) is 1. The first kappa shape index (κ1) is 32.9. The second-order valence-electron chi connectivity index (χ2n) is 11.2. The summed E-state index contributed by atoms with van der Waals surface area (Å²) in [6.45, 7) is 3.73. The van der Waals surface area contributed by atoms with Gasteiger partial charge in [0, 0.05) is 6.42 Å². The molecule has 2 aliphatic rings. The Kier molecular flexibility index (Phi) is 8.34. The second-order valence-corrected chi connectivity index (χ2v) is 13.2. The van der Waals surface area contributed by atoms with Crippen molar-refractivity contribution in [2.75, 3.05) is 17.8 Å². The molecule has 1 aliphatic heterocycles. The highest BCUT2D eigenvalue weighted by molar-refractivity contribution is 7.91. The number of hydrogen-bond acceptors (Lipinski definition) is 7. The molecule has 2 aromatic rings. The second kappa shape index (κ2) is 11.2. The number of carbonyl (C=O) groups is 3. The number of nitrogens with zero attached hydrogens (tertiary/aromatic N) is 1. The molecule has 0 aromatic heterocycles. The number of hydrogen-bond donors (Lipinski definition) is 2. The molecule has 3 amide bonds. The highest BCUT2D eigenvalue weighted by Crippen LogP contribution is 2.42. The number of halogens is 6. The van der Waals surface area contributed by atoms with Gasteiger partial charge in [0.2, 0.25) is 0 Å². The van der Waals surface area contributed by atoms with Crippen molar-refractivity contribution in [3.05, 3.63) is 52.8 Å². The molecule has 0 saturated heterocycles. The lowest BCUT2D eigenvalue weighted by Gasteiger charge is -2.27. The standard InChI is InChI=1S/C27H27F6N3O7S/c1-25(2,3)43-24(39)34-17-12-44(40,41)20-9-16(28)14(22(37)35-21-10-26(21,29)30)8-18(20)36(23(17)38)11-13-5-6-19(42-4)15(7-13)27(31,32)33/h5-9,17,21H,10-12H2,1-4H3,(H,34,39)(H,35,37)/t17-,21?/m0/s1. The monoisotopic (exact) mass is 651 g/mol. The summed E-state index contributed by atoms with van der Waals surface area (Å²) in [4.78, 5) is 38.8. The van der Waals surface area contributed by atoms with E-state index in [4.69, 9.17) is 9.47 Å². The maximum absolute atomic E-state index is 15.1. The molecule has 17 heteroatoms. The number of fused-ring (bicyclic) bond motifs is 1. The van der Waals surface area contributed by atoms with Crippen LogP contribution in [0.2, 0.25) is 0 Å². The fraction of sp³-hybridized carbons (Fsp3) is 0.444. The third-order valence-electron chi connectivity index (χ3n) is 6.60. The zero-order valence-corrected chi connectivity index (χ0v) is 24.5. The summed E-state index contributed by atoms with van der Waals surface area (Å²) in [6.07, 6.45) is -6.80. The fourth-order valence-corrected chi connectivity index (χ4v) is 6.06. The number of anilines is 1. The number of sulfone groups is 1. The molecule has 240 valence electrons. The Hall–Kier alpha value is -4.02. The summed E-state index contributed by atoms with van der Waals surface area (Å²) in [5, 5.41) is 4.05. The van der Waals surface area contributed by atoms with E-state index in [1.54, 1.807) is 0 Å². The van der Waals surface area contributed by atoms with Gasteiger partial charge in [-0.05, 0) is 50.6 Å². The Morgan fingerprint density at radius 2 is 1.73 bits per heavy atom. The van der Waals surface area contributed by atoms with E-state index in [0.29, 0.717) is 23.1 Å². The van der Waals surface area contributed by atoms with Crippen LogP contribution in [0.3, 0.4) is 0 Å². The predicted molar refractivity (Wildman–Crippen MR) is 142 cm³/mol. The van der Waals surface area contributed by atoms with Gasteiger partial charge in [-0.15, -0.1) is 0 Å². The number of alkyl halides is 5. The van der Waals surface area contributed by atoms with Crippen LogP contribution in [0.1, 0.15) is 48.7 Å². The summed E-state index contributed by atoms with van der Waals surface area (Å²) in [5.41, 5.74) is -4.01. The zero-order valence-electron chi connectivity index (χ0n) is 23.6. The molecule has 2 aromatic carbocycles. The molecule has 1 unspecified atom stereocenters. The normalized spacial score (nSPS) is 20.7. The third kappa shape index (κ3) is 7.03. The molecule has 1 heterocycles. The lowest BCUT2D eigenvalue weighted by molar-refractivity contribution is -0.138. The number of amides is 3. The lowest BCUT2D eigenvalue weighted by atomic mass is 10.1. The van der Waals surface area contributed by atoms with Gasteiger partial charge in [0.1, 0.15) is 23.2 Å². The van der Waals surface area contributed by atoms with Crippen molar-refractivity contribution < 1.29 is 58.6 Å². The summed E-state index contributed by atoms with van der Waals surface area (Å²) in [5.74, 6) is -8.81. The number of methoxy groups -OCH3 is 1. The molecule has 2 atom stereocenters. The SMILES string of the molecule is COc1ccc(CN2C(=O)[C@@H](NC(=O)OC(C)(C)C)CS(=O)(=O)c3cc(F)c(C(=O)NC4CC4(F)F)cc32)cc1C(F)(F)F. The van der Waals surface area contributed by atoms with Gasteiger partial charge >= 0.3 is 12.3 Å². The van der Waals surface area contributed by atoms with Crippen LogP contribution >= 0.6 is 0 Å². The molecular weight excluding hydrogens is 624 g/mol. The van der Waals surface area contributed by atoms with Crippen molar-refractivity contribution in [3.8, 4) is 5.75 Å². The van der Waals surface area contributed by atoms with Gasteiger partial charge in [0.25, 0.3) is 17.7 Å². The van der Waals surface area contributed by atoms with Gasteiger partial charge in [-0.1, -0.05) is 6.07 Å². The minimum Gasteiger partial charge on any atom is -0.496 e. The molecule has 0 spiro atoms. The smallest absolute Gasteiger partial charge is 0.419 e. The van der Waals surface area contributed by atoms with Crippen molar-refractivity contribution in [1.82, 2.24) is 10.6 Å². The average Bonchev–Trinajstić information content (AvgIpc) is 3.50. The van der Waals surface area contributed by atoms with Crippen LogP contribution < -0.4 is 20.3 Å². The van der Waals surface area contributed by atoms with E-state index in [-0.39, 0.29) is 5.56 Å². The van der Waals surface area contributed by atoms with E-state index >= 15 is 4.39 Å². The van der Waals surface area contributed by atoms with Gasteiger partial charge in [-0.2, -0.15) is 13.2 Å². The van der Waals surface area contributed by atoms with Crippen LogP contribution in [0.5, 0.6) is 5.75 Å². The van der Waals surface area contributed by atoms with E-state index < -0.39 is 110 Å². The molecule has 0 radical (unpaired) electrons. The largest absolute Gasteiger partial charge is 0.496 e. The minimum absolute atomic E-state index is 0.194. The van der Waals surface area contributed by atoms with Crippen molar-refractivity contribution in [1.29, 1.82) is 0 Å². The first-order valence-electron chi connectivity index (χ1n) is 12.9. The van der Waals surface area contributed by atoms with E-state index in [1.807, 2.05) is 5.32 Å². The molecular formula is C27H27F6N3O7S. The Morgan fingerprint density at radius 1 is 1.09 bits per heavy atom. The molecule has 1 fully saturated rings. The Morgan fingerprint density at radius 3 is 2.27 bits per heavy atom. The molecule has 10 nitrogen and oxygen atoms in total. The van der Waals surface area contributed by atoms with E-state index in [1.165, 1.54) is 20.8 Å². The summed E-state index contributed by atoms with van der Waals surface area (Å²) in [6, 6.07) is 0.353. The fourth-order valence-electron chi connectivity index (χ4n) is 4.44. The number of nitrogens with one attached hydrogen (secondary N) is 2. The van der Waals surface area contributed by atoms with Gasteiger partial charge in [-0.3, -0.25) is 9.59 Å². The van der Waals surface area contributed by atoms with Gasteiger partial charge < -0.3 is 25.0 Å². The highest BCUT2D eigenvalue weighted by Gasteiger charge is 2.58. The van der Waals surface area contributed by atoms with Crippen LogP contribution in [0.15, 0.2) is 35.2 Å². The minimum atomic E-state index is -4.90. The number of carbonyl (C=O) groups excluding carboxylic acids is 3. The van der Waals surface area contributed by atoms with Gasteiger partial charge in [-0.25, -0.2) is 26.4 Å². The van der Waals surface area contributed by atoms with Crippen molar-refractivity contribution >= 4 is 33.4 Å². The summed E-state index contributed by atoms with van der Waals surface area (Å²) in [7, 11) is -3.63. The molecule has 1 aliphatic carbocycles. The predicted octanol–water partition coefficient (Wildman–Crippen LogP) is 4.20. The topological polar surface area (TPSA) is 131 Å². The average molecular weight is 652 g/mol. The van der Waals surface area contributed by atoms with Crippen molar-refractivity contribution in [2.24, 2.45) is 0 Å². The Labute approximate surface area is 247 Å². The molecule has 44 heavy (non-hydrogen) atoms. The van der Waals surface area contributed by atoms with E-state index in [0.717, 1.165) is 19.2 Å². The molecule has 4 rings (SSSR count). The number of ether oxygens (including phenoxy) is 2. The van der Waals surface area contributed by atoms with Gasteiger partial charge in [0.05, 0.1) is 47.2 Å². The summed E-state index contributed by atoms with van der Waals surface area (Å²) >= 11 is 0. The highest BCUT2D eigenvalue weighted by atomic mass is 32.2. The van der Waals surface area contributed by atoms with Crippen LogP contribution in [0, 0.1) is 5.82 Å². The van der Waals surface area contributed by atoms with Crippen molar-refractivity contribution in [2.45, 2.75) is 68.4 Å². The Bertz CT molecular complexity index is 1620. The molecule has 1 saturated carbocycles. The quantitative estimate of drug-likeness (QED) is 0.448. The maximum atomic E-state index is 15.1. The molecule has 2 N–H and O–H groups in total. The third-order valence-corrected chi connectivity index (χ3v) is 8.37. The zero-order chi connectivity index (χ0) is 33.0. The van der Waals surface area contributed by atoms with Crippen LogP contribution in [0.4, 0.5) is 36.8 Å². The van der Waals surface area contributed by atoms with Crippen molar-refractivity contribution in [3.63, 3.8) is 0 Å². The van der Waals surface area contributed by atoms with Crippen LogP contribution in [-0.2, 0) is 32.1 Å². The number of benzene rings is 2. The van der Waals surface area contributed by atoms with E-state index in [2.05, 4.69) is 5.32 Å². The van der Waals surface area contributed by atoms with Crippen LogP contribution in [-0.4, -0.2) is 62.8 Å². The van der Waals surface area contributed by atoms with Crippen LogP contribution in [0.25, 0.3) is 0 Å². The molecule has 0 bridgehead atoms.